The van der Waals surface area contributed by atoms with Crippen LogP contribution in [0.2, 0.25) is 0 Å². The average molecular weight is 529 g/mol. The highest BCUT2D eigenvalue weighted by Crippen LogP contribution is 2.20. The van der Waals surface area contributed by atoms with Crippen LogP contribution in [0.25, 0.3) is 17.4 Å². The number of fused-ring (bicyclic) bond motifs is 2. The summed E-state index contributed by atoms with van der Waals surface area (Å²) in [6, 6.07) is 12.1. The zero-order valence-corrected chi connectivity index (χ0v) is 22.9. The van der Waals surface area contributed by atoms with Gasteiger partial charge in [0.25, 0.3) is 0 Å². The number of likely N-dealkylation sites (N-methyl/N-ethyl adjacent to an activating group) is 2. The highest BCUT2D eigenvalue weighted by Gasteiger charge is 2.18. The van der Waals surface area contributed by atoms with Crippen molar-refractivity contribution in [2.24, 2.45) is 0 Å². The summed E-state index contributed by atoms with van der Waals surface area (Å²) >= 11 is 0. The topological polar surface area (TPSA) is 81.7 Å². The number of anilines is 2. The maximum Gasteiger partial charge on any atom is 0.170 e. The molecule has 0 bridgehead atoms. The summed E-state index contributed by atoms with van der Waals surface area (Å²) in [5.41, 5.74) is 3.03. The molecule has 2 aliphatic heterocycles. The Labute approximate surface area is 228 Å². The highest BCUT2D eigenvalue weighted by molar-refractivity contribution is 5.91. The molecule has 6 heterocycles. The molecule has 2 fully saturated rings. The van der Waals surface area contributed by atoms with Gasteiger partial charge in [-0.2, -0.15) is 0 Å². The summed E-state index contributed by atoms with van der Waals surface area (Å²) in [5.74, 6) is 2.31. The van der Waals surface area contributed by atoms with Gasteiger partial charge in [0.1, 0.15) is 28.6 Å². The predicted molar refractivity (Wildman–Crippen MR) is 155 cm³/mol. The molecule has 204 valence electrons. The van der Waals surface area contributed by atoms with Crippen molar-refractivity contribution in [2.45, 2.75) is 6.92 Å². The second-order valence-electron chi connectivity index (χ2n) is 10.2. The molecule has 0 N–H and O–H groups in total. The Bertz CT molecular complexity index is 1470. The Hall–Kier alpha value is -4.02. The summed E-state index contributed by atoms with van der Waals surface area (Å²) < 4.78 is 4.10. The lowest BCUT2D eigenvalue weighted by Gasteiger charge is -2.34. The SMILES string of the molecule is CC(=O)/C=C/c1cn2c(N3CCN(C)CC3)cccc2n1.CN1CCN(c2cccc3nc(C=O)cn23)CC1. The first kappa shape index (κ1) is 26.6. The van der Waals surface area contributed by atoms with E-state index in [9.17, 15) is 9.59 Å². The lowest BCUT2D eigenvalue weighted by molar-refractivity contribution is -0.112. The lowest BCUT2D eigenvalue weighted by Crippen LogP contribution is -2.45. The molecule has 2 saturated heterocycles. The van der Waals surface area contributed by atoms with E-state index in [4.69, 9.17) is 0 Å². The second-order valence-corrected chi connectivity index (χ2v) is 10.2. The van der Waals surface area contributed by atoms with Crippen LogP contribution in [0.3, 0.4) is 0 Å². The van der Waals surface area contributed by atoms with Gasteiger partial charge in [-0.3, -0.25) is 18.4 Å². The molecule has 39 heavy (non-hydrogen) atoms. The molecule has 0 aromatic carbocycles. The predicted octanol–water partition coefficient (Wildman–Crippen LogP) is 2.59. The van der Waals surface area contributed by atoms with Crippen LogP contribution in [0, 0.1) is 0 Å². The van der Waals surface area contributed by atoms with Gasteiger partial charge in [-0.1, -0.05) is 12.1 Å². The fraction of sp³-hybridized carbons (Fsp3) is 0.379. The van der Waals surface area contributed by atoms with E-state index in [-0.39, 0.29) is 5.78 Å². The van der Waals surface area contributed by atoms with E-state index in [1.807, 2.05) is 34.9 Å². The van der Waals surface area contributed by atoms with Gasteiger partial charge in [0.15, 0.2) is 12.1 Å². The van der Waals surface area contributed by atoms with E-state index in [0.717, 1.165) is 87.3 Å². The van der Waals surface area contributed by atoms with Crippen LogP contribution < -0.4 is 9.80 Å². The van der Waals surface area contributed by atoms with Crippen LogP contribution in [0.15, 0.2) is 54.9 Å². The van der Waals surface area contributed by atoms with Gasteiger partial charge in [-0.25, -0.2) is 9.97 Å². The summed E-state index contributed by atoms with van der Waals surface area (Å²) in [4.78, 5) is 40.0. The molecule has 6 rings (SSSR count). The number of nitrogens with zero attached hydrogens (tertiary/aromatic N) is 8. The second kappa shape index (κ2) is 11.8. The maximum atomic E-state index is 11.0. The molecule has 4 aromatic heterocycles. The summed E-state index contributed by atoms with van der Waals surface area (Å²) in [6.45, 7) is 9.86. The number of carbonyl (C=O) groups is 2. The van der Waals surface area contributed by atoms with Gasteiger partial charge in [0.05, 0.1) is 5.69 Å². The van der Waals surface area contributed by atoms with Crippen molar-refractivity contribution in [1.82, 2.24) is 28.6 Å². The minimum absolute atomic E-state index is 0.0337. The van der Waals surface area contributed by atoms with Gasteiger partial charge in [0, 0.05) is 64.8 Å². The highest BCUT2D eigenvalue weighted by atomic mass is 16.1. The van der Waals surface area contributed by atoms with Crippen LogP contribution in [-0.4, -0.2) is 107 Å². The number of aromatic nitrogens is 4. The standard InChI is InChI=1S/C16H20N4O.C13H16N4O/c1-13(21)6-7-14-12-20-15(17-14)4-3-5-16(20)19-10-8-18(2)9-11-19;1-15-5-7-16(8-6-15)13-4-2-3-12-14-11(10-18)9-17(12)13/h3-7,12H,8-11H2,1-2H3;2-4,9-10H,5-8H2,1H3/b7-6+;. The van der Waals surface area contributed by atoms with Gasteiger partial charge in [0.2, 0.25) is 0 Å². The van der Waals surface area contributed by atoms with Gasteiger partial charge in [-0.15, -0.1) is 0 Å². The fourth-order valence-electron chi connectivity index (χ4n) is 4.96. The molecular weight excluding hydrogens is 492 g/mol. The number of rotatable bonds is 5. The Morgan fingerprint density at radius 3 is 1.64 bits per heavy atom. The van der Waals surface area contributed by atoms with Gasteiger partial charge in [-0.05, 0) is 57.4 Å². The molecule has 0 atom stereocenters. The van der Waals surface area contributed by atoms with Crippen molar-refractivity contribution >= 4 is 41.1 Å². The normalized spacial score (nSPS) is 17.1. The maximum absolute atomic E-state index is 11.0. The molecule has 0 radical (unpaired) electrons. The number of allylic oxidation sites excluding steroid dienone is 1. The van der Waals surface area contributed by atoms with E-state index in [2.05, 4.69) is 60.2 Å². The molecular formula is C29H36N8O2. The van der Waals surface area contributed by atoms with Crippen LogP contribution in [-0.2, 0) is 4.79 Å². The van der Waals surface area contributed by atoms with Crippen molar-refractivity contribution in [1.29, 1.82) is 0 Å². The van der Waals surface area contributed by atoms with E-state index in [1.54, 1.807) is 25.3 Å². The molecule has 0 amide bonds. The largest absolute Gasteiger partial charge is 0.355 e. The first-order chi connectivity index (χ1) is 18.9. The number of hydrogen-bond acceptors (Lipinski definition) is 8. The van der Waals surface area contributed by atoms with E-state index in [1.165, 1.54) is 0 Å². The molecule has 10 heteroatoms. The third-order valence-electron chi connectivity index (χ3n) is 7.24. The Morgan fingerprint density at radius 1 is 0.718 bits per heavy atom. The van der Waals surface area contributed by atoms with Crippen molar-refractivity contribution < 1.29 is 9.59 Å². The smallest absolute Gasteiger partial charge is 0.170 e. The quantitative estimate of drug-likeness (QED) is 0.289. The number of piperazine rings is 2. The molecule has 2 aliphatic rings. The zero-order valence-electron chi connectivity index (χ0n) is 22.9. The van der Waals surface area contributed by atoms with Crippen LogP contribution in [0.1, 0.15) is 23.1 Å². The number of aldehydes is 1. The first-order valence-electron chi connectivity index (χ1n) is 13.4. The fourth-order valence-corrected chi connectivity index (χ4v) is 4.96. The lowest BCUT2D eigenvalue weighted by atomic mass is 10.3. The summed E-state index contributed by atoms with van der Waals surface area (Å²) in [6.07, 6.45) is 7.90. The third kappa shape index (κ3) is 6.18. The molecule has 0 aliphatic carbocycles. The van der Waals surface area contributed by atoms with Crippen LogP contribution in [0.4, 0.5) is 11.6 Å². The van der Waals surface area contributed by atoms with E-state index >= 15 is 0 Å². The molecule has 0 spiro atoms. The average Bonchev–Trinajstić information content (AvgIpc) is 3.57. The number of pyridine rings is 2. The first-order valence-corrected chi connectivity index (χ1v) is 13.4. The van der Waals surface area contributed by atoms with Crippen molar-refractivity contribution in [3.63, 3.8) is 0 Å². The molecule has 4 aromatic rings. The Morgan fingerprint density at radius 2 is 1.18 bits per heavy atom. The monoisotopic (exact) mass is 528 g/mol. The molecule has 0 unspecified atom stereocenters. The number of imidazole rings is 2. The zero-order chi connectivity index (χ0) is 27.4. The van der Waals surface area contributed by atoms with Crippen molar-refractivity contribution in [3.05, 3.63) is 66.3 Å². The van der Waals surface area contributed by atoms with Crippen LogP contribution >= 0.6 is 0 Å². The Balaban J connectivity index is 0.000000160. The van der Waals surface area contributed by atoms with Gasteiger partial charge >= 0.3 is 0 Å². The summed E-state index contributed by atoms with van der Waals surface area (Å²) in [7, 11) is 4.29. The van der Waals surface area contributed by atoms with Crippen LogP contribution in [0.5, 0.6) is 0 Å². The number of carbonyl (C=O) groups excluding carboxylic acids is 2. The molecule has 10 nitrogen and oxygen atoms in total. The Kier molecular flexibility index (Phi) is 8.04. The minimum atomic E-state index is 0.0337. The van der Waals surface area contributed by atoms with Gasteiger partial charge < -0.3 is 19.6 Å². The van der Waals surface area contributed by atoms with Crippen molar-refractivity contribution in [2.75, 3.05) is 76.3 Å². The van der Waals surface area contributed by atoms with E-state index in [0.29, 0.717) is 5.69 Å². The number of hydrogen-bond donors (Lipinski definition) is 0. The van der Waals surface area contributed by atoms with Crippen molar-refractivity contribution in [3.8, 4) is 0 Å². The van der Waals surface area contributed by atoms with E-state index < -0.39 is 0 Å². The minimum Gasteiger partial charge on any atom is -0.355 e. The third-order valence-corrected chi connectivity index (χ3v) is 7.24. The number of ketones is 1. The summed E-state index contributed by atoms with van der Waals surface area (Å²) in [5, 5.41) is 0. The molecule has 0 saturated carbocycles.